The molecule has 0 aliphatic carbocycles. The van der Waals surface area contributed by atoms with Crippen LogP contribution in [0.4, 0.5) is 0 Å². The molecule has 0 saturated carbocycles. The Morgan fingerprint density at radius 1 is 1.14 bits per heavy atom. The van der Waals surface area contributed by atoms with Gasteiger partial charge in [0.25, 0.3) is 0 Å². The fourth-order valence-electron chi connectivity index (χ4n) is 2.53. The summed E-state index contributed by atoms with van der Waals surface area (Å²) in [5.74, 6) is 0. The van der Waals surface area contributed by atoms with Gasteiger partial charge in [-0.05, 0) is 49.4 Å². The van der Waals surface area contributed by atoms with Crippen LogP contribution >= 0.6 is 11.3 Å². The van der Waals surface area contributed by atoms with E-state index in [0.717, 1.165) is 13.0 Å². The number of hydrogen-bond acceptors (Lipinski definition) is 3. The average Bonchev–Trinajstić information content (AvgIpc) is 2.94. The van der Waals surface area contributed by atoms with Crippen molar-refractivity contribution in [3.05, 3.63) is 57.8 Å². The van der Waals surface area contributed by atoms with Crippen molar-refractivity contribution in [1.29, 1.82) is 0 Å². The Morgan fingerprint density at radius 3 is 2.48 bits per heavy atom. The maximum Gasteiger partial charge on any atom is 0.102 e. The molecule has 3 heteroatoms. The third kappa shape index (κ3) is 4.40. The number of aryl methyl sites for hydroxylation is 1. The minimum atomic E-state index is 0.0525. The van der Waals surface area contributed by atoms with Gasteiger partial charge >= 0.3 is 0 Å². The highest BCUT2D eigenvalue weighted by Gasteiger charge is 2.25. The maximum atomic E-state index is 6.09. The van der Waals surface area contributed by atoms with E-state index < -0.39 is 0 Å². The first kappa shape index (κ1) is 16.2. The fourth-order valence-corrected chi connectivity index (χ4v) is 3.27. The predicted octanol–water partition coefficient (Wildman–Crippen LogP) is 4.88. The molecule has 114 valence electrons. The summed E-state index contributed by atoms with van der Waals surface area (Å²) < 4.78 is 6.09. The molecule has 0 amide bonds. The molecule has 2 aromatic rings. The van der Waals surface area contributed by atoms with Crippen LogP contribution in [0.25, 0.3) is 0 Å². The van der Waals surface area contributed by atoms with E-state index >= 15 is 0 Å². The summed E-state index contributed by atoms with van der Waals surface area (Å²) in [7, 11) is 0. The number of hydrogen-bond donors (Lipinski definition) is 1. The molecule has 0 spiro atoms. The van der Waals surface area contributed by atoms with Gasteiger partial charge in [0.05, 0.1) is 6.04 Å². The fraction of sp³-hybridized carbons (Fsp3) is 0.444. The zero-order chi connectivity index (χ0) is 15.1. The summed E-state index contributed by atoms with van der Waals surface area (Å²) in [5.41, 5.74) is 2.56. The molecule has 1 aromatic carbocycles. The largest absolute Gasteiger partial charge is 0.372 e. The normalized spacial score (nSPS) is 14.0. The second-order valence-corrected chi connectivity index (χ2v) is 6.32. The van der Waals surface area contributed by atoms with Gasteiger partial charge in [-0.15, -0.1) is 11.3 Å². The van der Waals surface area contributed by atoms with Crippen LogP contribution in [0.2, 0.25) is 0 Å². The van der Waals surface area contributed by atoms with Crippen LogP contribution in [0.5, 0.6) is 0 Å². The molecule has 2 unspecified atom stereocenters. The Labute approximate surface area is 132 Å². The first-order chi connectivity index (χ1) is 10.3. The summed E-state index contributed by atoms with van der Waals surface area (Å²) in [6.07, 6.45) is 1.17. The monoisotopic (exact) mass is 303 g/mol. The summed E-state index contributed by atoms with van der Waals surface area (Å²) in [4.78, 5) is 1.34. The van der Waals surface area contributed by atoms with Crippen molar-refractivity contribution in [2.24, 2.45) is 0 Å². The van der Waals surface area contributed by atoms with E-state index in [9.17, 15) is 0 Å². The van der Waals surface area contributed by atoms with Crippen molar-refractivity contribution in [2.75, 3.05) is 13.2 Å². The van der Waals surface area contributed by atoms with Crippen molar-refractivity contribution < 1.29 is 4.74 Å². The lowest BCUT2D eigenvalue weighted by atomic mass is 9.97. The van der Waals surface area contributed by atoms with Gasteiger partial charge in [-0.25, -0.2) is 0 Å². The van der Waals surface area contributed by atoms with Crippen LogP contribution in [0.15, 0.2) is 41.8 Å². The van der Waals surface area contributed by atoms with Crippen molar-refractivity contribution >= 4 is 11.3 Å². The third-order valence-corrected chi connectivity index (χ3v) is 4.38. The minimum absolute atomic E-state index is 0.0525. The Morgan fingerprint density at radius 2 is 1.90 bits per heavy atom. The van der Waals surface area contributed by atoms with Gasteiger partial charge in [0, 0.05) is 11.5 Å². The number of nitrogens with one attached hydrogen (secondary N) is 1. The van der Waals surface area contributed by atoms with Crippen LogP contribution < -0.4 is 5.32 Å². The van der Waals surface area contributed by atoms with Crippen molar-refractivity contribution in [3.8, 4) is 0 Å². The standard InChI is InChI=1S/C18H25NOS/c1-4-11-19-17(16-12-14(3)21-13-16)18(20-5-2)15-9-7-6-8-10-15/h6-10,12-13,17-19H,4-5,11H2,1-3H3. The molecular weight excluding hydrogens is 278 g/mol. The molecule has 0 aliphatic rings. The summed E-state index contributed by atoms with van der Waals surface area (Å²) in [5, 5.41) is 5.91. The summed E-state index contributed by atoms with van der Waals surface area (Å²) in [6, 6.07) is 13.0. The van der Waals surface area contributed by atoms with E-state index in [1.165, 1.54) is 16.0 Å². The van der Waals surface area contributed by atoms with Crippen LogP contribution in [0.1, 0.15) is 48.4 Å². The number of benzene rings is 1. The van der Waals surface area contributed by atoms with E-state index in [4.69, 9.17) is 4.74 Å². The Hall–Kier alpha value is -1.16. The van der Waals surface area contributed by atoms with Gasteiger partial charge in [0.15, 0.2) is 0 Å². The highest BCUT2D eigenvalue weighted by molar-refractivity contribution is 7.10. The molecule has 2 nitrogen and oxygen atoms in total. The quantitative estimate of drug-likeness (QED) is 0.751. The maximum absolute atomic E-state index is 6.09. The first-order valence-electron chi connectivity index (χ1n) is 7.71. The minimum Gasteiger partial charge on any atom is -0.372 e. The van der Waals surface area contributed by atoms with E-state index in [2.05, 4.69) is 67.9 Å². The Balaban J connectivity index is 2.30. The zero-order valence-corrected chi connectivity index (χ0v) is 14.0. The van der Waals surface area contributed by atoms with E-state index in [0.29, 0.717) is 6.61 Å². The lowest BCUT2D eigenvalue weighted by molar-refractivity contribution is 0.0328. The van der Waals surface area contributed by atoms with Gasteiger partial charge in [-0.1, -0.05) is 37.3 Å². The van der Waals surface area contributed by atoms with Crippen molar-refractivity contribution in [2.45, 2.75) is 39.3 Å². The average molecular weight is 303 g/mol. The molecule has 0 fully saturated rings. The van der Waals surface area contributed by atoms with E-state index in [1.807, 2.05) is 0 Å². The molecule has 21 heavy (non-hydrogen) atoms. The SMILES string of the molecule is CCCNC(c1csc(C)c1)C(OCC)c1ccccc1. The molecule has 0 aliphatic heterocycles. The third-order valence-electron chi connectivity index (χ3n) is 3.50. The Bertz CT molecular complexity index is 523. The van der Waals surface area contributed by atoms with Crippen molar-refractivity contribution in [3.63, 3.8) is 0 Å². The second-order valence-electron chi connectivity index (χ2n) is 5.21. The first-order valence-corrected chi connectivity index (χ1v) is 8.59. The molecule has 0 bridgehead atoms. The molecule has 0 saturated heterocycles. The Kier molecular flexibility index (Phi) is 6.43. The van der Waals surface area contributed by atoms with Gasteiger partial charge in [-0.2, -0.15) is 0 Å². The lowest BCUT2D eigenvalue weighted by Gasteiger charge is -2.28. The van der Waals surface area contributed by atoms with E-state index in [1.54, 1.807) is 11.3 Å². The predicted molar refractivity (Wildman–Crippen MR) is 90.9 cm³/mol. The number of thiophene rings is 1. The molecule has 1 aromatic heterocycles. The zero-order valence-electron chi connectivity index (χ0n) is 13.1. The second kappa shape index (κ2) is 8.32. The molecule has 2 rings (SSSR count). The van der Waals surface area contributed by atoms with Gasteiger partial charge in [0.1, 0.15) is 6.10 Å². The topological polar surface area (TPSA) is 21.3 Å². The van der Waals surface area contributed by atoms with E-state index in [-0.39, 0.29) is 12.1 Å². The highest BCUT2D eigenvalue weighted by atomic mass is 32.1. The number of rotatable bonds is 8. The van der Waals surface area contributed by atoms with Gasteiger partial charge < -0.3 is 10.1 Å². The van der Waals surface area contributed by atoms with Gasteiger partial charge in [-0.3, -0.25) is 0 Å². The van der Waals surface area contributed by atoms with Crippen LogP contribution in [0, 0.1) is 6.92 Å². The lowest BCUT2D eigenvalue weighted by Crippen LogP contribution is -2.29. The van der Waals surface area contributed by atoms with Crippen molar-refractivity contribution in [1.82, 2.24) is 5.32 Å². The molecule has 0 radical (unpaired) electrons. The van der Waals surface area contributed by atoms with Crippen LogP contribution in [0.3, 0.4) is 0 Å². The summed E-state index contributed by atoms with van der Waals surface area (Å²) in [6.45, 7) is 8.12. The summed E-state index contributed by atoms with van der Waals surface area (Å²) >= 11 is 1.80. The van der Waals surface area contributed by atoms with Crippen LogP contribution in [-0.4, -0.2) is 13.2 Å². The number of ether oxygens (including phenoxy) is 1. The van der Waals surface area contributed by atoms with Gasteiger partial charge in [0.2, 0.25) is 0 Å². The molecule has 1 N–H and O–H groups in total. The molecule has 1 heterocycles. The molecule has 2 atom stereocenters. The molecular formula is C18H25NOS. The smallest absolute Gasteiger partial charge is 0.102 e. The highest BCUT2D eigenvalue weighted by Crippen LogP contribution is 2.34. The van der Waals surface area contributed by atoms with Crippen LogP contribution in [-0.2, 0) is 4.74 Å².